The van der Waals surface area contributed by atoms with Gasteiger partial charge in [-0.25, -0.2) is 13.4 Å². The Labute approximate surface area is 299 Å². The van der Waals surface area contributed by atoms with Crippen molar-refractivity contribution in [1.82, 2.24) is 29.5 Å². The highest BCUT2D eigenvalue weighted by Crippen LogP contribution is 2.39. The number of hydrogen-bond donors (Lipinski definition) is 1. The van der Waals surface area contributed by atoms with Crippen molar-refractivity contribution in [3.8, 4) is 39.8 Å². The van der Waals surface area contributed by atoms with Gasteiger partial charge in [-0.15, -0.1) is 10.2 Å². The van der Waals surface area contributed by atoms with Crippen molar-refractivity contribution in [2.45, 2.75) is 24.5 Å². The highest BCUT2D eigenvalue weighted by Gasteiger charge is 2.32. The number of ether oxygens (including phenoxy) is 3. The van der Waals surface area contributed by atoms with E-state index in [1.807, 2.05) is 12.1 Å². The van der Waals surface area contributed by atoms with Crippen molar-refractivity contribution in [3.05, 3.63) is 130 Å². The Balaban J connectivity index is 1.50. The van der Waals surface area contributed by atoms with Crippen LogP contribution >= 0.6 is 0 Å². The number of nitrogen functional groups attached to an aromatic ring is 1. The second-order valence-corrected chi connectivity index (χ2v) is 13.4. The molecule has 16 heteroatoms. The first kappa shape index (κ1) is 35.4. The molecule has 0 amide bonds. The predicted octanol–water partition coefficient (Wildman–Crippen LogP) is 5.36. The van der Waals surface area contributed by atoms with E-state index in [1.54, 1.807) is 94.1 Å². The largest absolute Gasteiger partial charge is 0.497 e. The van der Waals surface area contributed by atoms with Gasteiger partial charge in [-0.3, -0.25) is 10.1 Å². The molecule has 2 N–H and O–H groups in total. The molecule has 6 rings (SSSR count). The van der Waals surface area contributed by atoms with Gasteiger partial charge in [0.2, 0.25) is 21.7 Å². The number of rotatable bonds is 14. The van der Waals surface area contributed by atoms with Crippen LogP contribution < -0.4 is 19.9 Å². The van der Waals surface area contributed by atoms with Gasteiger partial charge < -0.3 is 19.9 Å². The van der Waals surface area contributed by atoms with Crippen LogP contribution in [0.1, 0.15) is 16.7 Å². The van der Waals surface area contributed by atoms with Gasteiger partial charge in [-0.1, -0.05) is 48.5 Å². The van der Waals surface area contributed by atoms with Crippen molar-refractivity contribution >= 4 is 21.5 Å². The van der Waals surface area contributed by atoms with Crippen LogP contribution in [0, 0.1) is 10.1 Å². The van der Waals surface area contributed by atoms with Gasteiger partial charge in [0.25, 0.3) is 0 Å². The summed E-state index contributed by atoms with van der Waals surface area (Å²) in [5, 5.41) is 24.9. The summed E-state index contributed by atoms with van der Waals surface area (Å²) in [6.07, 6.45) is 1.34. The lowest BCUT2D eigenvalue weighted by atomic mass is 10.00. The molecule has 0 bridgehead atoms. The predicted molar refractivity (Wildman–Crippen MR) is 192 cm³/mol. The van der Waals surface area contributed by atoms with E-state index >= 15 is 0 Å². The lowest BCUT2D eigenvalue weighted by Crippen LogP contribution is -2.31. The number of nitrogens with zero attached hydrogens (tertiary/aromatic N) is 7. The quantitative estimate of drug-likeness (QED) is 0.112. The van der Waals surface area contributed by atoms with Gasteiger partial charge in [0.15, 0.2) is 0 Å². The maximum Gasteiger partial charge on any atom is 0.311 e. The van der Waals surface area contributed by atoms with Gasteiger partial charge >= 0.3 is 5.69 Å². The molecule has 15 nitrogen and oxygen atoms in total. The molecule has 6 aromatic rings. The van der Waals surface area contributed by atoms with Gasteiger partial charge in [-0.05, 0) is 69.9 Å². The third-order valence-corrected chi connectivity index (χ3v) is 10.1. The van der Waals surface area contributed by atoms with Crippen molar-refractivity contribution < 1.29 is 27.6 Å². The number of aromatic nitrogens is 5. The van der Waals surface area contributed by atoms with Gasteiger partial charge in [0.05, 0.1) is 43.3 Å². The normalized spacial score (nSPS) is 11.4. The zero-order valence-corrected chi connectivity index (χ0v) is 29.2. The number of sulfonamides is 1. The maximum absolute atomic E-state index is 15.0. The summed E-state index contributed by atoms with van der Waals surface area (Å²) >= 11 is 0. The Morgan fingerprint density at radius 1 is 0.808 bits per heavy atom. The van der Waals surface area contributed by atoms with Crippen LogP contribution in [0.5, 0.6) is 17.2 Å². The van der Waals surface area contributed by atoms with Crippen LogP contribution in [0.15, 0.2) is 108 Å². The van der Waals surface area contributed by atoms with E-state index in [1.165, 1.54) is 27.4 Å². The second-order valence-electron chi connectivity index (χ2n) is 11.5. The Hall–Kier alpha value is -6.39. The molecule has 2 aromatic heterocycles. The van der Waals surface area contributed by atoms with Crippen LogP contribution in [0.3, 0.4) is 0 Å². The number of benzene rings is 4. The molecule has 2 heterocycles. The number of anilines is 1. The summed E-state index contributed by atoms with van der Waals surface area (Å²) in [6, 6.07) is 27.3. The van der Waals surface area contributed by atoms with E-state index in [2.05, 4.69) is 20.4 Å². The van der Waals surface area contributed by atoms with Gasteiger partial charge in [0.1, 0.15) is 17.2 Å². The molecule has 0 aliphatic carbocycles. The molecular formula is C36H34N8O7S. The molecular weight excluding hydrogens is 689 g/mol. The minimum Gasteiger partial charge on any atom is -0.497 e. The van der Waals surface area contributed by atoms with Crippen molar-refractivity contribution in [2.75, 3.05) is 27.1 Å². The summed E-state index contributed by atoms with van der Waals surface area (Å²) in [5.41, 5.74) is 8.22. The highest BCUT2D eigenvalue weighted by molar-refractivity contribution is 7.89. The number of hydrogen-bond acceptors (Lipinski definition) is 12. The summed E-state index contributed by atoms with van der Waals surface area (Å²) in [5.74, 6) is 1.63. The number of tetrazole rings is 1. The monoisotopic (exact) mass is 722 g/mol. The molecule has 0 atom stereocenters. The molecule has 0 spiro atoms. The Kier molecular flexibility index (Phi) is 10.4. The topological polar surface area (TPSA) is 191 Å². The average molecular weight is 723 g/mol. The first-order valence-electron chi connectivity index (χ1n) is 15.8. The number of methoxy groups -OCH3 is 3. The lowest BCUT2D eigenvalue weighted by Gasteiger charge is -2.24. The van der Waals surface area contributed by atoms with Gasteiger partial charge in [-0.2, -0.15) is 9.10 Å². The van der Waals surface area contributed by atoms with E-state index in [0.29, 0.717) is 28.4 Å². The molecule has 0 saturated heterocycles. The standard InChI is InChI=1S/C36H34N8O7S/c1-49-28-13-7-24(8-14-28)21-42(22-25-9-15-29(50-2)16-10-25)52(47,48)33-6-4-5-31(27-19-32(44(45)46)35(37)38-20-27)34(33)36-39-41-43(40-36)23-26-11-17-30(51-3)18-12-26/h4-20H,21-23H2,1-3H3,(H2,37,38). The minimum absolute atomic E-state index is 0.00545. The lowest BCUT2D eigenvalue weighted by molar-refractivity contribution is -0.384. The van der Waals surface area contributed by atoms with E-state index in [9.17, 15) is 18.5 Å². The fraction of sp³-hybridized carbons (Fsp3) is 0.167. The Morgan fingerprint density at radius 3 is 1.87 bits per heavy atom. The van der Waals surface area contributed by atoms with Crippen molar-refractivity contribution in [1.29, 1.82) is 0 Å². The molecule has 0 unspecified atom stereocenters. The van der Waals surface area contributed by atoms with E-state index < -0.39 is 20.6 Å². The second kappa shape index (κ2) is 15.2. The highest BCUT2D eigenvalue weighted by atomic mass is 32.2. The van der Waals surface area contributed by atoms with Crippen LogP contribution in [0.4, 0.5) is 11.5 Å². The molecule has 0 fully saturated rings. The molecule has 266 valence electrons. The number of nitrogens with two attached hydrogens (primary N) is 1. The number of nitro groups is 1. The first-order chi connectivity index (χ1) is 25.1. The third kappa shape index (κ3) is 7.67. The molecule has 0 aliphatic heterocycles. The minimum atomic E-state index is -4.37. The van der Waals surface area contributed by atoms with Crippen molar-refractivity contribution in [3.63, 3.8) is 0 Å². The zero-order valence-electron chi connectivity index (χ0n) is 28.4. The average Bonchev–Trinajstić information content (AvgIpc) is 3.63. The fourth-order valence-electron chi connectivity index (χ4n) is 5.51. The Morgan fingerprint density at radius 2 is 1.35 bits per heavy atom. The van der Waals surface area contributed by atoms with Crippen LogP contribution in [0.2, 0.25) is 0 Å². The molecule has 0 aliphatic rings. The SMILES string of the molecule is COc1ccc(CN(Cc2ccc(OC)cc2)S(=O)(=O)c2cccc(-c3cnc(N)c([N+](=O)[O-])c3)c2-c2nnn(Cc3ccc(OC)cc3)n2)cc1. The number of pyridine rings is 1. The van der Waals surface area contributed by atoms with Crippen molar-refractivity contribution in [2.24, 2.45) is 0 Å². The van der Waals surface area contributed by atoms with E-state index in [0.717, 1.165) is 5.56 Å². The molecule has 0 saturated carbocycles. The summed E-state index contributed by atoms with van der Waals surface area (Å²) in [4.78, 5) is 16.4. The summed E-state index contributed by atoms with van der Waals surface area (Å²) in [6.45, 7) is 0.209. The molecule has 52 heavy (non-hydrogen) atoms. The third-order valence-electron chi connectivity index (χ3n) is 8.24. The zero-order chi connectivity index (χ0) is 36.8. The van der Waals surface area contributed by atoms with Crippen LogP contribution in [-0.2, 0) is 29.7 Å². The van der Waals surface area contributed by atoms with Crippen LogP contribution in [0.25, 0.3) is 22.5 Å². The summed E-state index contributed by atoms with van der Waals surface area (Å²) < 4.78 is 47.2. The van der Waals surface area contributed by atoms with E-state index in [4.69, 9.17) is 19.9 Å². The fourth-order valence-corrected chi connectivity index (χ4v) is 7.14. The maximum atomic E-state index is 15.0. The molecule has 0 radical (unpaired) electrons. The Bertz CT molecular complexity index is 2250. The van der Waals surface area contributed by atoms with E-state index in [-0.39, 0.29) is 52.9 Å². The molecule has 4 aromatic carbocycles. The summed E-state index contributed by atoms with van der Waals surface area (Å²) in [7, 11) is 0.308. The smallest absolute Gasteiger partial charge is 0.311 e. The van der Waals surface area contributed by atoms with Gasteiger partial charge in [0, 0.05) is 30.9 Å². The first-order valence-corrected chi connectivity index (χ1v) is 17.2. The van der Waals surface area contributed by atoms with Crippen LogP contribution in [-0.4, -0.2) is 64.2 Å².